The third-order valence-corrected chi connectivity index (χ3v) is 6.14. The maximum Gasteiger partial charge on any atom is 0.213 e. The summed E-state index contributed by atoms with van der Waals surface area (Å²) in [5.41, 5.74) is 2.43. The summed E-state index contributed by atoms with van der Waals surface area (Å²) < 4.78 is 14.1. The van der Waals surface area contributed by atoms with Crippen molar-refractivity contribution >= 4 is 0 Å². The highest BCUT2D eigenvalue weighted by molar-refractivity contribution is 5.10. The molecule has 2 aromatic rings. The van der Waals surface area contributed by atoms with Gasteiger partial charge in [-0.25, -0.2) is 4.98 Å². The molecule has 4 rings (SSSR count). The van der Waals surface area contributed by atoms with Crippen LogP contribution in [0, 0.1) is 12.8 Å². The lowest BCUT2D eigenvalue weighted by Gasteiger charge is -2.42. The Bertz CT molecular complexity index is 738. The highest BCUT2D eigenvalue weighted by atomic mass is 16.5. The normalized spacial score (nSPS) is 22.4. The fraction of sp³-hybridized carbons (Fsp3) is 0.619. The van der Waals surface area contributed by atoms with Crippen LogP contribution in [0.3, 0.4) is 0 Å². The molecule has 1 spiro atoms. The molecule has 0 aliphatic carbocycles. The van der Waals surface area contributed by atoms with E-state index in [2.05, 4.69) is 28.0 Å². The molecular weight excluding hydrogens is 340 g/mol. The minimum Gasteiger partial charge on any atom is -0.478 e. The van der Waals surface area contributed by atoms with E-state index in [9.17, 15) is 0 Å². The molecule has 0 bridgehead atoms. The topological polar surface area (TPSA) is 52.4 Å². The molecule has 0 aromatic carbocycles. The van der Waals surface area contributed by atoms with Crippen molar-refractivity contribution in [1.29, 1.82) is 0 Å². The van der Waals surface area contributed by atoms with E-state index in [0.29, 0.717) is 18.4 Å². The molecule has 0 radical (unpaired) electrons. The van der Waals surface area contributed by atoms with Gasteiger partial charge in [-0.15, -0.1) is 0 Å². The summed E-state index contributed by atoms with van der Waals surface area (Å²) >= 11 is 0. The third kappa shape index (κ3) is 4.17. The summed E-state index contributed by atoms with van der Waals surface area (Å²) in [6.45, 7) is 6.79. The van der Waals surface area contributed by atoms with Crippen molar-refractivity contribution in [2.24, 2.45) is 13.0 Å². The molecule has 1 atom stereocenters. The molecule has 2 aromatic heterocycles. The van der Waals surface area contributed by atoms with E-state index in [1.807, 2.05) is 29.9 Å². The van der Waals surface area contributed by atoms with Gasteiger partial charge in [0.25, 0.3) is 0 Å². The molecular formula is C21H30N4O2. The van der Waals surface area contributed by atoms with Crippen LogP contribution < -0.4 is 4.74 Å². The zero-order valence-corrected chi connectivity index (χ0v) is 16.4. The Labute approximate surface area is 161 Å². The Balaban J connectivity index is 1.29. The maximum absolute atomic E-state index is 6.31. The monoisotopic (exact) mass is 370 g/mol. The van der Waals surface area contributed by atoms with Crippen molar-refractivity contribution in [3.8, 4) is 5.88 Å². The number of ether oxygens (including phenoxy) is 2. The standard InChI is InChI=1S/C21H30N4O2/c1-17-15-19(24(2)23-17)16-25-11-8-21(9-12-25)18(7-14-27-21)6-13-26-20-5-3-4-10-22-20/h3-5,10,15,18H,6-9,11-14,16H2,1-2H3/t18-/m1/s1. The molecule has 0 unspecified atom stereocenters. The average molecular weight is 370 g/mol. The lowest BCUT2D eigenvalue weighted by molar-refractivity contribution is -0.0711. The van der Waals surface area contributed by atoms with Gasteiger partial charge in [0.2, 0.25) is 5.88 Å². The third-order valence-electron chi connectivity index (χ3n) is 6.14. The summed E-state index contributed by atoms with van der Waals surface area (Å²) in [4.78, 5) is 6.77. The quantitative estimate of drug-likeness (QED) is 0.782. The predicted octanol–water partition coefficient (Wildman–Crippen LogP) is 2.96. The molecule has 0 saturated carbocycles. The van der Waals surface area contributed by atoms with Crippen LogP contribution in [-0.4, -0.2) is 51.6 Å². The van der Waals surface area contributed by atoms with E-state index in [1.54, 1.807) is 6.20 Å². The lowest BCUT2D eigenvalue weighted by Crippen LogP contribution is -2.47. The number of aryl methyl sites for hydroxylation is 2. The summed E-state index contributed by atoms with van der Waals surface area (Å²) in [5.74, 6) is 1.30. The predicted molar refractivity (Wildman–Crippen MR) is 104 cm³/mol. The number of likely N-dealkylation sites (tertiary alicyclic amines) is 1. The van der Waals surface area contributed by atoms with Gasteiger partial charge in [0, 0.05) is 45.6 Å². The van der Waals surface area contributed by atoms with Crippen LogP contribution in [0.4, 0.5) is 0 Å². The van der Waals surface area contributed by atoms with Crippen molar-refractivity contribution in [2.45, 2.75) is 44.8 Å². The Morgan fingerprint density at radius 3 is 2.85 bits per heavy atom. The summed E-state index contributed by atoms with van der Waals surface area (Å²) in [6, 6.07) is 7.98. The van der Waals surface area contributed by atoms with Gasteiger partial charge in [0.15, 0.2) is 0 Å². The first-order valence-corrected chi connectivity index (χ1v) is 10.0. The second-order valence-electron chi connectivity index (χ2n) is 7.88. The Morgan fingerprint density at radius 2 is 2.15 bits per heavy atom. The Hall–Kier alpha value is -1.92. The van der Waals surface area contributed by atoms with Gasteiger partial charge in [0.1, 0.15) is 0 Å². The van der Waals surface area contributed by atoms with Gasteiger partial charge in [-0.05, 0) is 50.7 Å². The van der Waals surface area contributed by atoms with Gasteiger partial charge in [-0.1, -0.05) is 6.07 Å². The molecule has 6 heteroatoms. The second-order valence-corrected chi connectivity index (χ2v) is 7.88. The highest BCUT2D eigenvalue weighted by Gasteiger charge is 2.45. The highest BCUT2D eigenvalue weighted by Crippen LogP contribution is 2.42. The number of hydrogen-bond acceptors (Lipinski definition) is 5. The van der Waals surface area contributed by atoms with Crippen molar-refractivity contribution in [3.05, 3.63) is 41.9 Å². The number of pyridine rings is 1. The van der Waals surface area contributed by atoms with Crippen LogP contribution in [0.25, 0.3) is 0 Å². The Morgan fingerprint density at radius 1 is 1.30 bits per heavy atom. The largest absolute Gasteiger partial charge is 0.478 e. The molecule has 146 valence electrons. The average Bonchev–Trinajstić information content (AvgIpc) is 3.21. The van der Waals surface area contributed by atoms with Gasteiger partial charge >= 0.3 is 0 Å². The zero-order valence-electron chi connectivity index (χ0n) is 16.4. The summed E-state index contributed by atoms with van der Waals surface area (Å²) in [5, 5.41) is 4.46. The molecule has 4 heterocycles. The smallest absolute Gasteiger partial charge is 0.213 e. The fourth-order valence-electron chi connectivity index (χ4n) is 4.61. The molecule has 6 nitrogen and oxygen atoms in total. The van der Waals surface area contributed by atoms with E-state index in [1.165, 1.54) is 5.69 Å². The van der Waals surface area contributed by atoms with Crippen molar-refractivity contribution in [2.75, 3.05) is 26.3 Å². The molecule has 2 saturated heterocycles. The first-order valence-electron chi connectivity index (χ1n) is 10.0. The number of aromatic nitrogens is 3. The molecule has 27 heavy (non-hydrogen) atoms. The fourth-order valence-corrected chi connectivity index (χ4v) is 4.61. The van der Waals surface area contributed by atoms with Crippen LogP contribution >= 0.6 is 0 Å². The van der Waals surface area contributed by atoms with E-state index in [0.717, 1.165) is 57.6 Å². The first-order chi connectivity index (χ1) is 13.1. The van der Waals surface area contributed by atoms with Gasteiger partial charge < -0.3 is 9.47 Å². The van der Waals surface area contributed by atoms with Crippen LogP contribution in [0.2, 0.25) is 0 Å². The lowest BCUT2D eigenvalue weighted by atomic mass is 9.78. The van der Waals surface area contributed by atoms with Crippen LogP contribution in [-0.2, 0) is 18.3 Å². The summed E-state index contributed by atoms with van der Waals surface area (Å²) in [6.07, 6.45) is 6.18. The van der Waals surface area contributed by atoms with E-state index in [-0.39, 0.29) is 5.60 Å². The van der Waals surface area contributed by atoms with Gasteiger partial charge in [0.05, 0.1) is 23.6 Å². The molecule has 2 aliphatic rings. The number of piperidine rings is 1. The second kappa shape index (κ2) is 7.98. The van der Waals surface area contributed by atoms with Crippen LogP contribution in [0.15, 0.2) is 30.5 Å². The SMILES string of the molecule is Cc1cc(CN2CCC3(CC2)OCC[C@H]3CCOc2ccccn2)n(C)n1. The van der Waals surface area contributed by atoms with E-state index in [4.69, 9.17) is 9.47 Å². The van der Waals surface area contributed by atoms with E-state index < -0.39 is 0 Å². The van der Waals surface area contributed by atoms with Crippen LogP contribution in [0.5, 0.6) is 5.88 Å². The molecule has 0 amide bonds. The first kappa shape index (κ1) is 18.4. The zero-order chi connectivity index (χ0) is 18.7. The number of nitrogens with zero attached hydrogens (tertiary/aromatic N) is 4. The van der Waals surface area contributed by atoms with Crippen LogP contribution in [0.1, 0.15) is 37.1 Å². The summed E-state index contributed by atoms with van der Waals surface area (Å²) in [7, 11) is 2.03. The maximum atomic E-state index is 6.31. The number of hydrogen-bond donors (Lipinski definition) is 0. The minimum absolute atomic E-state index is 0.0480. The molecule has 2 fully saturated rings. The van der Waals surface area contributed by atoms with Gasteiger partial charge in [-0.2, -0.15) is 5.10 Å². The van der Waals surface area contributed by atoms with Crippen molar-refractivity contribution < 1.29 is 9.47 Å². The number of rotatable bonds is 6. The molecule has 2 aliphatic heterocycles. The van der Waals surface area contributed by atoms with E-state index >= 15 is 0 Å². The van der Waals surface area contributed by atoms with Crippen molar-refractivity contribution in [3.63, 3.8) is 0 Å². The Kier molecular flexibility index (Phi) is 5.45. The molecule has 0 N–H and O–H groups in total. The minimum atomic E-state index is 0.0480. The van der Waals surface area contributed by atoms with Gasteiger partial charge in [-0.3, -0.25) is 9.58 Å². The van der Waals surface area contributed by atoms with Crippen molar-refractivity contribution in [1.82, 2.24) is 19.7 Å².